The van der Waals surface area contributed by atoms with E-state index in [1.54, 1.807) is 18.2 Å². The van der Waals surface area contributed by atoms with Gasteiger partial charge in [0.15, 0.2) is 0 Å². The molecule has 0 spiro atoms. The summed E-state index contributed by atoms with van der Waals surface area (Å²) in [6.07, 6.45) is 1.50. The first kappa shape index (κ1) is 20.8. The number of aliphatic imine (C=N–C) groups is 1. The van der Waals surface area contributed by atoms with Crippen molar-refractivity contribution in [1.82, 2.24) is 15.0 Å². The fraction of sp³-hybridized carbons (Fsp3) is 0.227. The lowest BCUT2D eigenvalue weighted by Crippen LogP contribution is -2.38. The van der Waals surface area contributed by atoms with E-state index < -0.39 is 16.1 Å². The van der Waals surface area contributed by atoms with Crippen LogP contribution >= 0.6 is 0 Å². The largest absolute Gasteiger partial charge is 0.444 e. The minimum Gasteiger partial charge on any atom is -0.444 e. The van der Waals surface area contributed by atoms with Gasteiger partial charge in [0.2, 0.25) is 11.8 Å². The van der Waals surface area contributed by atoms with Gasteiger partial charge in [0.1, 0.15) is 18.1 Å². The van der Waals surface area contributed by atoms with Gasteiger partial charge in [-0.1, -0.05) is 44.2 Å². The highest BCUT2D eigenvalue weighted by atomic mass is 32.2. The number of hydrogen-bond donors (Lipinski definition) is 2. The maximum atomic E-state index is 12.8. The number of amidine groups is 1. The van der Waals surface area contributed by atoms with Crippen LogP contribution in [0.3, 0.4) is 0 Å². The molecule has 1 amide bonds. The predicted molar refractivity (Wildman–Crippen MR) is 116 cm³/mol. The summed E-state index contributed by atoms with van der Waals surface area (Å²) >= 11 is 0. The van der Waals surface area contributed by atoms with Gasteiger partial charge in [-0.2, -0.15) is 0 Å². The minimum absolute atomic E-state index is 0.151. The number of carbonyl (C=O) groups is 1. The number of amides is 1. The van der Waals surface area contributed by atoms with E-state index in [1.165, 1.54) is 12.3 Å². The van der Waals surface area contributed by atoms with Crippen LogP contribution in [0.25, 0.3) is 11.5 Å². The van der Waals surface area contributed by atoms with Crippen LogP contribution in [0.5, 0.6) is 0 Å². The first-order chi connectivity index (χ1) is 14.8. The van der Waals surface area contributed by atoms with Crippen molar-refractivity contribution in [2.75, 3.05) is 0 Å². The third-order valence-corrected chi connectivity index (χ3v) is 6.24. The van der Waals surface area contributed by atoms with Crippen LogP contribution < -0.4 is 10.0 Å². The quantitative estimate of drug-likeness (QED) is 0.614. The number of rotatable bonds is 6. The van der Waals surface area contributed by atoms with Crippen molar-refractivity contribution < 1.29 is 17.6 Å². The number of hydrogen-bond acceptors (Lipinski definition) is 6. The SMILES string of the molecule is CC(C)[C@H](N=C1NS(=O)(=O)c2ccccc21)C(=O)NCc1coc(-c2ccccc2)n1. The Balaban J connectivity index is 1.49. The number of benzene rings is 2. The van der Waals surface area contributed by atoms with Gasteiger partial charge >= 0.3 is 0 Å². The van der Waals surface area contributed by atoms with Gasteiger partial charge in [-0.3, -0.25) is 14.5 Å². The van der Waals surface area contributed by atoms with Crippen molar-refractivity contribution in [1.29, 1.82) is 0 Å². The molecule has 0 radical (unpaired) electrons. The molecule has 2 aromatic carbocycles. The highest BCUT2D eigenvalue weighted by Crippen LogP contribution is 2.23. The first-order valence-corrected chi connectivity index (χ1v) is 11.3. The fourth-order valence-corrected chi connectivity index (χ4v) is 4.50. The Hall–Kier alpha value is -3.46. The molecule has 0 saturated carbocycles. The standard InChI is InChI=1S/C22H22N4O4S/c1-14(2)19(25-20-17-10-6-7-11-18(17)31(28,29)26-20)21(27)23-12-16-13-30-22(24-16)15-8-4-3-5-9-15/h3-11,13-14,19H,12H2,1-2H3,(H,23,27)(H,25,26)/t19-/m0/s1. The van der Waals surface area contributed by atoms with E-state index in [2.05, 4.69) is 20.0 Å². The van der Waals surface area contributed by atoms with Crippen molar-refractivity contribution >= 4 is 21.8 Å². The minimum atomic E-state index is -3.67. The van der Waals surface area contributed by atoms with Crippen LogP contribution in [0.15, 0.2) is 75.2 Å². The van der Waals surface area contributed by atoms with E-state index in [9.17, 15) is 13.2 Å². The molecule has 9 heteroatoms. The van der Waals surface area contributed by atoms with Crippen molar-refractivity contribution in [3.05, 3.63) is 72.1 Å². The fourth-order valence-electron chi connectivity index (χ4n) is 3.26. The Morgan fingerprint density at radius 1 is 1.13 bits per heavy atom. The normalized spacial score (nSPS) is 16.7. The van der Waals surface area contributed by atoms with E-state index in [4.69, 9.17) is 4.42 Å². The molecule has 2 heterocycles. The molecule has 0 unspecified atom stereocenters. The van der Waals surface area contributed by atoms with E-state index in [0.717, 1.165) is 5.56 Å². The van der Waals surface area contributed by atoms with Gasteiger partial charge in [0.05, 0.1) is 17.1 Å². The zero-order valence-corrected chi connectivity index (χ0v) is 17.9. The molecule has 160 valence electrons. The summed E-state index contributed by atoms with van der Waals surface area (Å²) in [6.45, 7) is 3.88. The molecule has 0 bridgehead atoms. The van der Waals surface area contributed by atoms with Gasteiger partial charge in [-0.05, 0) is 30.2 Å². The van der Waals surface area contributed by atoms with Crippen molar-refractivity contribution in [2.45, 2.75) is 31.3 Å². The molecule has 8 nitrogen and oxygen atoms in total. The average molecular weight is 439 g/mol. The first-order valence-electron chi connectivity index (χ1n) is 9.83. The van der Waals surface area contributed by atoms with E-state index in [-0.39, 0.29) is 29.1 Å². The Labute approximate surface area is 180 Å². The average Bonchev–Trinajstić information content (AvgIpc) is 3.33. The lowest BCUT2D eigenvalue weighted by molar-refractivity contribution is -0.123. The molecule has 0 saturated heterocycles. The van der Waals surface area contributed by atoms with E-state index in [0.29, 0.717) is 17.1 Å². The van der Waals surface area contributed by atoms with Crippen molar-refractivity contribution in [3.63, 3.8) is 0 Å². The van der Waals surface area contributed by atoms with Crippen LogP contribution in [-0.2, 0) is 21.4 Å². The lowest BCUT2D eigenvalue weighted by atomic mass is 10.0. The zero-order valence-electron chi connectivity index (χ0n) is 17.1. The highest BCUT2D eigenvalue weighted by molar-refractivity contribution is 7.90. The summed E-state index contributed by atoms with van der Waals surface area (Å²) in [4.78, 5) is 21.8. The molecule has 0 fully saturated rings. The third kappa shape index (κ3) is 4.36. The number of nitrogens with one attached hydrogen (secondary N) is 2. The molecule has 2 N–H and O–H groups in total. The Morgan fingerprint density at radius 2 is 1.84 bits per heavy atom. The van der Waals surface area contributed by atoms with Gasteiger partial charge < -0.3 is 9.73 Å². The number of oxazole rings is 1. The topological polar surface area (TPSA) is 114 Å². The zero-order chi connectivity index (χ0) is 22.0. The van der Waals surface area contributed by atoms with Crippen LogP contribution in [0, 0.1) is 5.92 Å². The summed E-state index contributed by atoms with van der Waals surface area (Å²) < 4.78 is 32.5. The second-order valence-electron chi connectivity index (χ2n) is 7.50. The molecule has 1 aliphatic heterocycles. The number of sulfonamides is 1. The number of fused-ring (bicyclic) bond motifs is 1. The molecule has 1 aliphatic rings. The van der Waals surface area contributed by atoms with E-state index in [1.807, 2.05) is 44.2 Å². The molecule has 0 aliphatic carbocycles. The molecule has 1 atom stereocenters. The molecule has 4 rings (SSSR count). The number of aromatic nitrogens is 1. The van der Waals surface area contributed by atoms with Gasteiger partial charge in [-0.25, -0.2) is 13.4 Å². The van der Waals surface area contributed by atoms with Crippen molar-refractivity contribution in [3.8, 4) is 11.5 Å². The second kappa shape index (κ2) is 8.35. The second-order valence-corrected chi connectivity index (χ2v) is 9.15. The third-order valence-electron chi connectivity index (χ3n) is 4.85. The Kier molecular flexibility index (Phi) is 5.60. The van der Waals surface area contributed by atoms with Crippen LogP contribution in [-0.4, -0.2) is 31.2 Å². The summed E-state index contributed by atoms with van der Waals surface area (Å²) in [7, 11) is -3.67. The molecule has 3 aromatic rings. The molecule has 1 aromatic heterocycles. The monoisotopic (exact) mass is 438 g/mol. The molecule has 31 heavy (non-hydrogen) atoms. The summed E-state index contributed by atoms with van der Waals surface area (Å²) in [5.41, 5.74) is 1.89. The van der Waals surface area contributed by atoms with Gasteiger partial charge in [0.25, 0.3) is 10.0 Å². The maximum absolute atomic E-state index is 12.8. The van der Waals surface area contributed by atoms with Gasteiger partial charge in [-0.15, -0.1) is 0 Å². The lowest BCUT2D eigenvalue weighted by Gasteiger charge is -2.17. The smallest absolute Gasteiger partial charge is 0.263 e. The highest BCUT2D eigenvalue weighted by Gasteiger charge is 2.32. The van der Waals surface area contributed by atoms with E-state index >= 15 is 0 Å². The van der Waals surface area contributed by atoms with Crippen LogP contribution in [0.4, 0.5) is 0 Å². The number of nitrogens with zero attached hydrogens (tertiary/aromatic N) is 2. The maximum Gasteiger partial charge on any atom is 0.263 e. The molecular formula is C22H22N4O4S. The predicted octanol–water partition coefficient (Wildman–Crippen LogP) is 2.72. The Bertz CT molecular complexity index is 1230. The summed E-state index contributed by atoms with van der Waals surface area (Å²) in [6, 6.07) is 15.3. The molecular weight excluding hydrogens is 416 g/mol. The number of carbonyl (C=O) groups excluding carboxylic acids is 1. The summed E-state index contributed by atoms with van der Waals surface area (Å²) in [5, 5.41) is 2.82. The van der Waals surface area contributed by atoms with Crippen LogP contribution in [0.2, 0.25) is 0 Å². The Morgan fingerprint density at radius 3 is 2.58 bits per heavy atom. The van der Waals surface area contributed by atoms with Gasteiger partial charge in [0, 0.05) is 11.1 Å². The van der Waals surface area contributed by atoms with Crippen molar-refractivity contribution in [2.24, 2.45) is 10.9 Å². The van der Waals surface area contributed by atoms with Crippen LogP contribution in [0.1, 0.15) is 25.1 Å². The summed E-state index contributed by atoms with van der Waals surface area (Å²) in [5.74, 6) is 0.178.